The van der Waals surface area contributed by atoms with Crippen LogP contribution in [0.25, 0.3) is 11.2 Å². The third-order valence-electron chi connectivity index (χ3n) is 6.27. The summed E-state index contributed by atoms with van der Waals surface area (Å²) in [7, 11) is 0. The van der Waals surface area contributed by atoms with Crippen molar-refractivity contribution in [1.29, 1.82) is 0 Å². The largest absolute Gasteiger partial charge is 0.465 e. The standard InChI is InChI=1S/C26H27N5O3/c1-18-9-10-21(34-18)16-28-25(32)20-11-14-30(15-12-20)24-26(33)31(17-19-6-3-2-4-7-19)23-22(29-24)8-5-13-27-23/h2-10,13,20H,11-12,14-17H2,1H3,(H,28,32). The average Bonchev–Trinajstić information content (AvgIpc) is 3.30. The van der Waals surface area contributed by atoms with Crippen LogP contribution < -0.4 is 15.8 Å². The number of nitrogens with zero attached hydrogens (tertiary/aromatic N) is 4. The molecule has 174 valence electrons. The van der Waals surface area contributed by atoms with Gasteiger partial charge in [-0.15, -0.1) is 0 Å². The van der Waals surface area contributed by atoms with Crippen molar-refractivity contribution in [1.82, 2.24) is 19.9 Å². The van der Waals surface area contributed by atoms with Crippen LogP contribution in [0.5, 0.6) is 0 Å². The number of pyridine rings is 1. The Morgan fingerprint density at radius 3 is 2.62 bits per heavy atom. The minimum Gasteiger partial charge on any atom is -0.465 e. The second kappa shape index (κ2) is 9.51. The molecular weight excluding hydrogens is 430 g/mol. The molecule has 1 saturated heterocycles. The number of aromatic nitrogens is 3. The molecule has 1 fully saturated rings. The number of amides is 1. The predicted octanol–water partition coefficient (Wildman–Crippen LogP) is 3.27. The topological polar surface area (TPSA) is 93.3 Å². The fourth-order valence-corrected chi connectivity index (χ4v) is 4.43. The highest BCUT2D eigenvalue weighted by Crippen LogP contribution is 2.22. The van der Waals surface area contributed by atoms with Crippen LogP contribution in [0.2, 0.25) is 0 Å². The Kier molecular flexibility index (Phi) is 6.12. The Bertz CT molecular complexity index is 1350. The number of benzene rings is 1. The first kappa shape index (κ1) is 21.9. The van der Waals surface area contributed by atoms with E-state index in [1.807, 2.05) is 66.4 Å². The molecule has 0 aliphatic carbocycles. The van der Waals surface area contributed by atoms with Crippen molar-refractivity contribution in [3.05, 3.63) is 88.2 Å². The van der Waals surface area contributed by atoms with Crippen LogP contribution in [0.4, 0.5) is 5.82 Å². The van der Waals surface area contributed by atoms with Gasteiger partial charge >= 0.3 is 0 Å². The van der Waals surface area contributed by atoms with Gasteiger partial charge in [-0.2, -0.15) is 0 Å². The third-order valence-corrected chi connectivity index (χ3v) is 6.27. The summed E-state index contributed by atoms with van der Waals surface area (Å²) in [6.45, 7) is 3.88. The van der Waals surface area contributed by atoms with Crippen LogP contribution in [0.1, 0.15) is 29.9 Å². The van der Waals surface area contributed by atoms with Crippen molar-refractivity contribution in [2.24, 2.45) is 5.92 Å². The van der Waals surface area contributed by atoms with Crippen LogP contribution in [0, 0.1) is 12.8 Å². The summed E-state index contributed by atoms with van der Waals surface area (Å²) in [5.41, 5.74) is 2.12. The minimum atomic E-state index is -0.161. The highest BCUT2D eigenvalue weighted by Gasteiger charge is 2.28. The SMILES string of the molecule is Cc1ccc(CNC(=O)C2CCN(c3nc4cccnc4n(Cc4ccccc4)c3=O)CC2)o1. The lowest BCUT2D eigenvalue weighted by molar-refractivity contribution is -0.125. The van der Waals surface area contributed by atoms with Gasteiger partial charge in [0.1, 0.15) is 17.0 Å². The van der Waals surface area contributed by atoms with Crippen LogP contribution >= 0.6 is 0 Å². The molecule has 4 heterocycles. The fraction of sp³-hybridized carbons (Fsp3) is 0.308. The maximum atomic E-state index is 13.5. The zero-order valence-corrected chi connectivity index (χ0v) is 19.1. The summed E-state index contributed by atoms with van der Waals surface area (Å²) < 4.78 is 7.22. The van der Waals surface area contributed by atoms with E-state index in [0.29, 0.717) is 56.0 Å². The number of carbonyl (C=O) groups is 1. The van der Waals surface area contributed by atoms with Crippen LogP contribution in [-0.4, -0.2) is 33.5 Å². The maximum absolute atomic E-state index is 13.5. The van der Waals surface area contributed by atoms with E-state index < -0.39 is 0 Å². The Balaban J connectivity index is 1.32. The van der Waals surface area contributed by atoms with E-state index >= 15 is 0 Å². The zero-order chi connectivity index (χ0) is 23.5. The molecule has 4 aromatic rings. The molecule has 1 amide bonds. The van der Waals surface area contributed by atoms with Crippen molar-refractivity contribution in [3.63, 3.8) is 0 Å². The second-order valence-corrected chi connectivity index (χ2v) is 8.65. The fourth-order valence-electron chi connectivity index (χ4n) is 4.43. The molecule has 1 aliphatic rings. The van der Waals surface area contributed by atoms with Crippen molar-refractivity contribution in [2.75, 3.05) is 18.0 Å². The van der Waals surface area contributed by atoms with Gasteiger partial charge in [0.15, 0.2) is 11.5 Å². The number of nitrogens with one attached hydrogen (secondary N) is 1. The molecule has 1 aliphatic heterocycles. The summed E-state index contributed by atoms with van der Waals surface area (Å²) in [6, 6.07) is 17.3. The van der Waals surface area contributed by atoms with E-state index in [9.17, 15) is 9.59 Å². The number of piperidine rings is 1. The van der Waals surface area contributed by atoms with E-state index in [1.165, 1.54) is 0 Å². The quantitative estimate of drug-likeness (QED) is 0.478. The Labute approximate surface area is 197 Å². The summed E-state index contributed by atoms with van der Waals surface area (Å²) in [5.74, 6) is 1.91. The van der Waals surface area contributed by atoms with E-state index in [4.69, 9.17) is 4.42 Å². The smallest absolute Gasteiger partial charge is 0.295 e. The Morgan fingerprint density at radius 1 is 1.09 bits per heavy atom. The molecular formula is C26H27N5O3. The zero-order valence-electron chi connectivity index (χ0n) is 19.1. The molecule has 0 bridgehead atoms. The number of hydrogen-bond donors (Lipinski definition) is 1. The molecule has 0 radical (unpaired) electrons. The molecule has 0 unspecified atom stereocenters. The van der Waals surface area contributed by atoms with Gasteiger partial charge in [-0.05, 0) is 49.6 Å². The van der Waals surface area contributed by atoms with Gasteiger partial charge in [-0.3, -0.25) is 14.2 Å². The molecule has 34 heavy (non-hydrogen) atoms. The lowest BCUT2D eigenvalue weighted by Crippen LogP contribution is -2.43. The van der Waals surface area contributed by atoms with E-state index in [-0.39, 0.29) is 17.4 Å². The van der Waals surface area contributed by atoms with E-state index in [1.54, 1.807) is 10.8 Å². The summed E-state index contributed by atoms with van der Waals surface area (Å²) in [4.78, 5) is 37.2. The number of carbonyl (C=O) groups excluding carboxylic acids is 1. The number of fused-ring (bicyclic) bond motifs is 1. The van der Waals surface area contributed by atoms with E-state index in [2.05, 4.69) is 15.3 Å². The van der Waals surface area contributed by atoms with Gasteiger partial charge in [0, 0.05) is 25.2 Å². The first-order valence-corrected chi connectivity index (χ1v) is 11.6. The summed E-state index contributed by atoms with van der Waals surface area (Å²) >= 11 is 0. The summed E-state index contributed by atoms with van der Waals surface area (Å²) in [6.07, 6.45) is 3.00. The Hall–Kier alpha value is -3.94. The van der Waals surface area contributed by atoms with Gasteiger partial charge in [-0.25, -0.2) is 9.97 Å². The maximum Gasteiger partial charge on any atom is 0.295 e. The predicted molar refractivity (Wildman–Crippen MR) is 130 cm³/mol. The van der Waals surface area contributed by atoms with Crippen molar-refractivity contribution >= 4 is 22.9 Å². The lowest BCUT2D eigenvalue weighted by atomic mass is 9.96. The number of aryl methyl sites for hydroxylation is 1. The summed E-state index contributed by atoms with van der Waals surface area (Å²) in [5, 5.41) is 2.97. The third kappa shape index (κ3) is 4.57. The normalized spacial score (nSPS) is 14.4. The highest BCUT2D eigenvalue weighted by molar-refractivity contribution is 5.79. The van der Waals surface area contributed by atoms with Gasteiger partial charge in [-0.1, -0.05) is 30.3 Å². The van der Waals surface area contributed by atoms with E-state index in [0.717, 1.165) is 17.1 Å². The number of rotatable bonds is 6. The number of anilines is 1. The highest BCUT2D eigenvalue weighted by atomic mass is 16.3. The van der Waals surface area contributed by atoms with Crippen LogP contribution in [0.3, 0.4) is 0 Å². The molecule has 0 saturated carbocycles. The molecule has 0 spiro atoms. The molecule has 1 aromatic carbocycles. The van der Waals surface area contributed by atoms with Gasteiger partial charge in [0.05, 0.1) is 13.1 Å². The Morgan fingerprint density at radius 2 is 1.88 bits per heavy atom. The number of furan rings is 1. The monoisotopic (exact) mass is 457 g/mol. The van der Waals surface area contributed by atoms with Gasteiger partial charge < -0.3 is 14.6 Å². The van der Waals surface area contributed by atoms with Crippen molar-refractivity contribution < 1.29 is 9.21 Å². The first-order valence-electron chi connectivity index (χ1n) is 11.6. The first-order chi connectivity index (χ1) is 16.6. The molecule has 3 aromatic heterocycles. The van der Waals surface area contributed by atoms with Crippen molar-refractivity contribution in [2.45, 2.75) is 32.9 Å². The molecule has 0 atom stereocenters. The van der Waals surface area contributed by atoms with Gasteiger partial charge in [0.2, 0.25) is 5.91 Å². The molecule has 8 heteroatoms. The molecule has 8 nitrogen and oxygen atoms in total. The number of hydrogen-bond acceptors (Lipinski definition) is 6. The van der Waals surface area contributed by atoms with Gasteiger partial charge in [0.25, 0.3) is 5.56 Å². The average molecular weight is 458 g/mol. The second-order valence-electron chi connectivity index (χ2n) is 8.65. The van der Waals surface area contributed by atoms with Crippen molar-refractivity contribution in [3.8, 4) is 0 Å². The lowest BCUT2D eigenvalue weighted by Gasteiger charge is -2.32. The minimum absolute atomic E-state index is 0.0193. The van der Waals surface area contributed by atoms with Crippen LogP contribution in [-0.2, 0) is 17.9 Å². The molecule has 5 rings (SSSR count). The van der Waals surface area contributed by atoms with Crippen LogP contribution in [0.15, 0.2) is 70.0 Å². The molecule has 1 N–H and O–H groups in total.